The molecule has 0 bridgehead atoms. The molecule has 2 unspecified atom stereocenters. The Morgan fingerprint density at radius 1 is 1.30 bits per heavy atom. The van der Waals surface area contributed by atoms with E-state index in [-0.39, 0.29) is 11.9 Å². The fourth-order valence-corrected chi connectivity index (χ4v) is 3.74. The van der Waals surface area contributed by atoms with Crippen LogP contribution in [0.2, 0.25) is 10.0 Å². The monoisotopic (exact) mass is 356 g/mol. The van der Waals surface area contributed by atoms with Crippen LogP contribution in [0.15, 0.2) is 18.2 Å². The first-order chi connectivity index (χ1) is 10.9. The zero-order valence-corrected chi connectivity index (χ0v) is 15.6. The van der Waals surface area contributed by atoms with Gasteiger partial charge in [-0.15, -0.1) is 0 Å². The molecule has 5 heteroatoms. The number of carbonyl (C=O) groups is 1. The standard InChI is InChI=1S/C18H26Cl2N2O/c1-4-18(5-2,13-6-7-14(19)15(20)10-13)17(23)22-16-8-9-21-11-12(16)3/h6-7,10,12,16,21H,4-5,8-9,11H2,1-3H3,(H,22,23). The largest absolute Gasteiger partial charge is 0.352 e. The third kappa shape index (κ3) is 3.84. The average Bonchev–Trinajstić information content (AvgIpc) is 2.54. The van der Waals surface area contributed by atoms with Gasteiger partial charge < -0.3 is 10.6 Å². The summed E-state index contributed by atoms with van der Waals surface area (Å²) in [6.07, 6.45) is 2.43. The van der Waals surface area contributed by atoms with E-state index in [1.54, 1.807) is 6.07 Å². The van der Waals surface area contributed by atoms with E-state index in [9.17, 15) is 4.79 Å². The molecule has 1 fully saturated rings. The van der Waals surface area contributed by atoms with E-state index in [0.717, 1.165) is 37.9 Å². The number of amides is 1. The number of piperidine rings is 1. The Balaban J connectivity index is 2.27. The summed E-state index contributed by atoms with van der Waals surface area (Å²) in [6.45, 7) is 8.18. The summed E-state index contributed by atoms with van der Waals surface area (Å²) in [4.78, 5) is 13.1. The Kier molecular flexibility index (Phi) is 6.35. The van der Waals surface area contributed by atoms with Crippen molar-refractivity contribution in [1.29, 1.82) is 0 Å². The van der Waals surface area contributed by atoms with Gasteiger partial charge in [-0.3, -0.25) is 4.79 Å². The molecule has 1 aliphatic heterocycles. The molecule has 2 N–H and O–H groups in total. The Hall–Kier alpha value is -0.770. The van der Waals surface area contributed by atoms with Crippen molar-refractivity contribution in [2.75, 3.05) is 13.1 Å². The van der Waals surface area contributed by atoms with Gasteiger partial charge in [-0.1, -0.05) is 50.0 Å². The minimum Gasteiger partial charge on any atom is -0.352 e. The number of hydrogen-bond acceptors (Lipinski definition) is 2. The summed E-state index contributed by atoms with van der Waals surface area (Å²) in [5, 5.41) is 7.67. The number of rotatable bonds is 5. The fraction of sp³-hybridized carbons (Fsp3) is 0.611. The van der Waals surface area contributed by atoms with E-state index in [1.165, 1.54) is 0 Å². The highest BCUT2D eigenvalue weighted by Crippen LogP contribution is 2.36. The molecule has 0 aliphatic carbocycles. The lowest BCUT2D eigenvalue weighted by molar-refractivity contribution is -0.128. The van der Waals surface area contributed by atoms with Crippen LogP contribution in [0.25, 0.3) is 0 Å². The highest BCUT2D eigenvalue weighted by atomic mass is 35.5. The van der Waals surface area contributed by atoms with E-state index in [4.69, 9.17) is 23.2 Å². The van der Waals surface area contributed by atoms with Crippen LogP contribution in [0.4, 0.5) is 0 Å². The number of nitrogens with one attached hydrogen (secondary N) is 2. The van der Waals surface area contributed by atoms with Crippen molar-refractivity contribution in [2.45, 2.75) is 51.5 Å². The van der Waals surface area contributed by atoms with Gasteiger partial charge in [0.2, 0.25) is 5.91 Å². The summed E-state index contributed by atoms with van der Waals surface area (Å²) in [7, 11) is 0. The zero-order valence-electron chi connectivity index (χ0n) is 14.1. The molecule has 1 aliphatic rings. The van der Waals surface area contributed by atoms with Gasteiger partial charge in [-0.05, 0) is 56.0 Å². The van der Waals surface area contributed by atoms with Gasteiger partial charge in [0.25, 0.3) is 0 Å². The second-order valence-corrected chi connectivity index (χ2v) is 7.28. The Labute approximate surface area is 149 Å². The maximum atomic E-state index is 13.1. The lowest BCUT2D eigenvalue weighted by Crippen LogP contribution is -2.53. The van der Waals surface area contributed by atoms with Crippen LogP contribution in [0.3, 0.4) is 0 Å². The first-order valence-corrected chi connectivity index (χ1v) is 9.17. The lowest BCUT2D eigenvalue weighted by atomic mass is 9.74. The molecule has 0 saturated carbocycles. The summed E-state index contributed by atoms with van der Waals surface area (Å²) in [6, 6.07) is 5.76. The number of carbonyl (C=O) groups excluding carboxylic acids is 1. The minimum absolute atomic E-state index is 0.0969. The molecular weight excluding hydrogens is 331 g/mol. The van der Waals surface area contributed by atoms with Crippen LogP contribution < -0.4 is 10.6 Å². The fourth-order valence-electron chi connectivity index (χ4n) is 3.44. The number of benzene rings is 1. The van der Waals surface area contributed by atoms with Gasteiger partial charge in [0.1, 0.15) is 0 Å². The van der Waals surface area contributed by atoms with E-state index in [0.29, 0.717) is 16.0 Å². The number of halogens is 2. The van der Waals surface area contributed by atoms with Crippen molar-refractivity contribution in [3.05, 3.63) is 33.8 Å². The van der Waals surface area contributed by atoms with E-state index in [1.807, 2.05) is 12.1 Å². The van der Waals surface area contributed by atoms with Crippen molar-refractivity contribution in [3.63, 3.8) is 0 Å². The molecule has 2 rings (SSSR count). The van der Waals surface area contributed by atoms with Crippen molar-refractivity contribution in [3.8, 4) is 0 Å². The molecule has 1 saturated heterocycles. The van der Waals surface area contributed by atoms with Gasteiger partial charge in [0.05, 0.1) is 15.5 Å². The smallest absolute Gasteiger partial charge is 0.230 e. The van der Waals surface area contributed by atoms with E-state index in [2.05, 4.69) is 31.4 Å². The van der Waals surface area contributed by atoms with Gasteiger partial charge in [-0.2, -0.15) is 0 Å². The molecule has 1 aromatic rings. The SMILES string of the molecule is CCC(CC)(C(=O)NC1CCNCC1C)c1ccc(Cl)c(Cl)c1. The maximum absolute atomic E-state index is 13.1. The van der Waals surface area contributed by atoms with Crippen molar-refractivity contribution in [1.82, 2.24) is 10.6 Å². The van der Waals surface area contributed by atoms with Crippen LogP contribution in [-0.2, 0) is 10.2 Å². The van der Waals surface area contributed by atoms with Crippen LogP contribution in [0.1, 0.15) is 45.6 Å². The Morgan fingerprint density at radius 3 is 2.57 bits per heavy atom. The highest BCUT2D eigenvalue weighted by molar-refractivity contribution is 6.42. The van der Waals surface area contributed by atoms with Gasteiger partial charge in [-0.25, -0.2) is 0 Å². The van der Waals surface area contributed by atoms with Crippen LogP contribution in [0.5, 0.6) is 0 Å². The molecular formula is C18H26Cl2N2O. The molecule has 1 amide bonds. The second kappa shape index (κ2) is 7.87. The summed E-state index contributed by atoms with van der Waals surface area (Å²) in [5.41, 5.74) is 0.384. The zero-order chi connectivity index (χ0) is 17.0. The average molecular weight is 357 g/mol. The first kappa shape index (κ1) is 18.6. The van der Waals surface area contributed by atoms with Gasteiger partial charge >= 0.3 is 0 Å². The van der Waals surface area contributed by atoms with Gasteiger partial charge in [0, 0.05) is 6.04 Å². The summed E-state index contributed by atoms with van der Waals surface area (Å²) in [5.74, 6) is 0.535. The Bertz CT molecular complexity index is 558. The van der Waals surface area contributed by atoms with Crippen molar-refractivity contribution < 1.29 is 4.79 Å². The molecule has 0 aromatic heterocycles. The Morgan fingerprint density at radius 2 is 2.00 bits per heavy atom. The molecule has 3 nitrogen and oxygen atoms in total. The predicted octanol–water partition coefficient (Wildman–Crippen LogP) is 4.17. The first-order valence-electron chi connectivity index (χ1n) is 8.41. The molecule has 0 spiro atoms. The van der Waals surface area contributed by atoms with Crippen molar-refractivity contribution in [2.24, 2.45) is 5.92 Å². The number of hydrogen-bond donors (Lipinski definition) is 2. The molecule has 0 radical (unpaired) electrons. The topological polar surface area (TPSA) is 41.1 Å². The molecule has 128 valence electrons. The molecule has 1 aromatic carbocycles. The highest BCUT2D eigenvalue weighted by Gasteiger charge is 2.38. The minimum atomic E-state index is -0.557. The van der Waals surface area contributed by atoms with Crippen LogP contribution in [-0.4, -0.2) is 25.0 Å². The maximum Gasteiger partial charge on any atom is 0.230 e. The quantitative estimate of drug-likeness (QED) is 0.831. The van der Waals surface area contributed by atoms with E-state index < -0.39 is 5.41 Å². The van der Waals surface area contributed by atoms with Crippen molar-refractivity contribution >= 4 is 29.1 Å². The van der Waals surface area contributed by atoms with E-state index >= 15 is 0 Å². The van der Waals surface area contributed by atoms with Gasteiger partial charge in [0.15, 0.2) is 0 Å². The normalized spacial score (nSPS) is 22.0. The third-order valence-corrected chi connectivity index (χ3v) is 5.95. The second-order valence-electron chi connectivity index (χ2n) is 6.47. The van der Waals surface area contributed by atoms with Crippen LogP contribution >= 0.6 is 23.2 Å². The summed E-state index contributed by atoms with van der Waals surface area (Å²) < 4.78 is 0. The van der Waals surface area contributed by atoms with Crippen LogP contribution in [0, 0.1) is 5.92 Å². The third-order valence-electron chi connectivity index (χ3n) is 5.22. The molecule has 1 heterocycles. The molecule has 2 atom stereocenters. The lowest BCUT2D eigenvalue weighted by Gasteiger charge is -2.36. The molecule has 23 heavy (non-hydrogen) atoms. The predicted molar refractivity (Wildman–Crippen MR) is 97.3 cm³/mol. The summed E-state index contributed by atoms with van der Waals surface area (Å²) >= 11 is 12.2.